The maximum Gasteiger partial charge on any atom is 0.313 e. The number of carbonyl (C=O) groups excluding carboxylic acids is 4. The topological polar surface area (TPSA) is 129 Å². The summed E-state index contributed by atoms with van der Waals surface area (Å²) in [7, 11) is 0. The molecule has 0 radical (unpaired) electrons. The average Bonchev–Trinajstić information content (AvgIpc) is 3.80. The van der Waals surface area contributed by atoms with Crippen molar-refractivity contribution >= 4 is 35.1 Å². The van der Waals surface area contributed by atoms with Crippen molar-refractivity contribution in [3.05, 3.63) is 85.5 Å². The number of nitrogens with zero attached hydrogens (tertiary/aromatic N) is 3. The summed E-state index contributed by atoms with van der Waals surface area (Å²) in [5.41, 5.74) is 1.06. The highest BCUT2D eigenvalue weighted by atomic mass is 16.6. The monoisotopic (exact) mass is 714 g/mol. The molecule has 3 amide bonds. The van der Waals surface area contributed by atoms with Crippen molar-refractivity contribution in [1.29, 1.82) is 0 Å². The van der Waals surface area contributed by atoms with Crippen LogP contribution in [0.15, 0.2) is 79.9 Å². The van der Waals surface area contributed by atoms with Gasteiger partial charge in [0.15, 0.2) is 0 Å². The molecule has 0 unspecified atom stereocenters. The van der Waals surface area contributed by atoms with Crippen molar-refractivity contribution in [3.63, 3.8) is 0 Å². The zero-order valence-corrected chi connectivity index (χ0v) is 30.9. The van der Waals surface area contributed by atoms with Crippen LogP contribution in [0.3, 0.4) is 0 Å². The first-order valence-electron chi connectivity index (χ1n) is 18.6. The third-order valence-electron chi connectivity index (χ3n) is 10.9. The van der Waals surface area contributed by atoms with Crippen LogP contribution in [0.1, 0.15) is 65.0 Å². The minimum atomic E-state index is -1.30. The quantitative estimate of drug-likeness (QED) is 0.166. The molecule has 2 aromatic carbocycles. The van der Waals surface area contributed by atoms with Gasteiger partial charge in [-0.15, -0.1) is 13.2 Å². The summed E-state index contributed by atoms with van der Waals surface area (Å²) in [6.07, 6.45) is 3.49. The number of benzene rings is 2. The van der Waals surface area contributed by atoms with E-state index >= 15 is 4.79 Å². The van der Waals surface area contributed by atoms with Gasteiger partial charge in [-0.05, 0) is 68.9 Å². The molecule has 0 saturated carbocycles. The third-order valence-corrected chi connectivity index (χ3v) is 10.9. The fourth-order valence-corrected chi connectivity index (χ4v) is 8.29. The van der Waals surface area contributed by atoms with Gasteiger partial charge in [0.05, 0.1) is 37.1 Å². The number of anilines is 2. The van der Waals surface area contributed by atoms with Crippen molar-refractivity contribution in [1.82, 2.24) is 10.2 Å². The molecule has 3 aliphatic rings. The molecule has 3 aliphatic heterocycles. The van der Waals surface area contributed by atoms with Crippen LogP contribution in [0.5, 0.6) is 0 Å². The van der Waals surface area contributed by atoms with Crippen LogP contribution in [0.25, 0.3) is 0 Å². The number of fused-ring (bicyclic) bond motifs is 1. The first-order valence-corrected chi connectivity index (χ1v) is 18.6. The summed E-state index contributed by atoms with van der Waals surface area (Å²) in [5.74, 6) is -3.74. The third kappa shape index (κ3) is 7.39. The molecular weight excluding hydrogens is 660 g/mol. The number of nitrogens with one attached hydrogen (secondary N) is 1. The first-order chi connectivity index (χ1) is 25.1. The van der Waals surface area contributed by atoms with Gasteiger partial charge in [-0.2, -0.15) is 0 Å². The van der Waals surface area contributed by atoms with Gasteiger partial charge in [0.1, 0.15) is 17.7 Å². The summed E-state index contributed by atoms with van der Waals surface area (Å²) in [6.45, 7) is 17.1. The molecule has 280 valence electrons. The Kier molecular flexibility index (Phi) is 12.6. The maximum absolute atomic E-state index is 15.0. The van der Waals surface area contributed by atoms with Crippen molar-refractivity contribution in [2.75, 3.05) is 42.6 Å². The van der Waals surface area contributed by atoms with Crippen molar-refractivity contribution in [3.8, 4) is 0 Å². The van der Waals surface area contributed by atoms with Crippen LogP contribution in [0.2, 0.25) is 0 Å². The van der Waals surface area contributed by atoms with E-state index in [1.165, 1.54) is 4.90 Å². The number of allylic oxidation sites excluding steroid dienone is 1. The van der Waals surface area contributed by atoms with E-state index in [0.29, 0.717) is 30.5 Å². The number of carbonyl (C=O) groups is 4. The molecule has 3 saturated heterocycles. The van der Waals surface area contributed by atoms with Gasteiger partial charge in [-0.1, -0.05) is 56.3 Å². The lowest BCUT2D eigenvalue weighted by Crippen LogP contribution is -2.59. The minimum absolute atomic E-state index is 0.0461. The van der Waals surface area contributed by atoms with Crippen LogP contribution in [0, 0.1) is 17.8 Å². The van der Waals surface area contributed by atoms with Gasteiger partial charge >= 0.3 is 5.97 Å². The molecule has 7 atom stereocenters. The summed E-state index contributed by atoms with van der Waals surface area (Å²) in [5, 5.41) is 13.5. The number of ether oxygens (including phenoxy) is 2. The molecule has 2 bridgehead atoms. The van der Waals surface area contributed by atoms with E-state index in [2.05, 4.69) is 37.2 Å². The van der Waals surface area contributed by atoms with Gasteiger partial charge in [-0.25, -0.2) is 0 Å². The van der Waals surface area contributed by atoms with Crippen LogP contribution in [-0.2, 0) is 28.7 Å². The molecule has 5 rings (SSSR count). The maximum atomic E-state index is 15.0. The molecule has 11 heteroatoms. The number of hydrogen-bond donors (Lipinski definition) is 2. The molecule has 3 heterocycles. The van der Waals surface area contributed by atoms with E-state index in [0.717, 1.165) is 18.8 Å². The SMILES string of the molecule is C=CCCC(=O)NC[C@@H](OC(=O)[C@@H]1[C@@H]2CC[C@]3(O2)[C@H](C(=O)N(CC=C)c2ccc(N(CC)CC)cc2)N([C@@H](CO)C(C)C)C(=O)[C@@H]13)c1ccccc1. The molecule has 2 N–H and O–H groups in total. The summed E-state index contributed by atoms with van der Waals surface area (Å²) in [4.78, 5) is 61.9. The van der Waals surface area contributed by atoms with Crippen LogP contribution in [0.4, 0.5) is 11.4 Å². The molecule has 0 aliphatic carbocycles. The number of aliphatic hydroxyl groups is 1. The zero-order chi connectivity index (χ0) is 37.6. The smallest absolute Gasteiger partial charge is 0.313 e. The van der Waals surface area contributed by atoms with Crippen molar-refractivity contribution in [2.24, 2.45) is 17.8 Å². The summed E-state index contributed by atoms with van der Waals surface area (Å²) >= 11 is 0. The Morgan fingerprint density at radius 1 is 1.06 bits per heavy atom. The second-order valence-electron chi connectivity index (χ2n) is 14.2. The van der Waals surface area contributed by atoms with E-state index < -0.39 is 53.6 Å². The Bertz CT molecular complexity index is 1590. The van der Waals surface area contributed by atoms with Crippen molar-refractivity contribution in [2.45, 2.75) is 83.3 Å². The van der Waals surface area contributed by atoms with E-state index in [1.54, 1.807) is 17.1 Å². The predicted octanol–water partition coefficient (Wildman–Crippen LogP) is 4.81. The highest BCUT2D eigenvalue weighted by Gasteiger charge is 2.76. The van der Waals surface area contributed by atoms with Gasteiger partial charge in [0.25, 0.3) is 5.91 Å². The Morgan fingerprint density at radius 2 is 1.73 bits per heavy atom. The number of rotatable bonds is 18. The molecule has 52 heavy (non-hydrogen) atoms. The highest BCUT2D eigenvalue weighted by Crippen LogP contribution is 2.59. The molecular formula is C41H54N4O7. The molecule has 3 fully saturated rings. The number of amides is 3. The molecule has 2 aromatic rings. The molecule has 1 spiro atoms. The number of hydrogen-bond acceptors (Lipinski definition) is 8. The van der Waals surface area contributed by atoms with Gasteiger partial charge in [-0.3, -0.25) is 19.2 Å². The lowest BCUT2D eigenvalue weighted by molar-refractivity contribution is -0.161. The normalized spacial score (nSPS) is 24.3. The Balaban J connectivity index is 1.49. The fraction of sp³-hybridized carbons (Fsp3) is 0.512. The fourth-order valence-electron chi connectivity index (χ4n) is 8.29. The van der Waals surface area contributed by atoms with Crippen LogP contribution < -0.4 is 15.1 Å². The van der Waals surface area contributed by atoms with Crippen LogP contribution >= 0.6 is 0 Å². The second-order valence-corrected chi connectivity index (χ2v) is 14.2. The number of likely N-dealkylation sites (tertiary alicyclic amines) is 1. The van der Waals surface area contributed by atoms with E-state index in [4.69, 9.17) is 9.47 Å². The van der Waals surface area contributed by atoms with Gasteiger partial charge < -0.3 is 34.6 Å². The van der Waals surface area contributed by atoms with Crippen molar-refractivity contribution < 1.29 is 33.8 Å². The van der Waals surface area contributed by atoms with E-state index in [9.17, 15) is 19.5 Å². The zero-order valence-electron chi connectivity index (χ0n) is 30.9. The first kappa shape index (κ1) is 38.7. The van der Waals surface area contributed by atoms with Gasteiger partial charge in [0.2, 0.25) is 11.8 Å². The Labute approximate surface area is 307 Å². The summed E-state index contributed by atoms with van der Waals surface area (Å²) in [6, 6.07) is 15.1. The largest absolute Gasteiger partial charge is 0.455 e. The number of esters is 1. The molecule has 11 nitrogen and oxygen atoms in total. The molecule has 0 aromatic heterocycles. The lowest BCUT2D eigenvalue weighted by atomic mass is 9.70. The average molecular weight is 715 g/mol. The highest BCUT2D eigenvalue weighted by molar-refractivity contribution is 6.05. The summed E-state index contributed by atoms with van der Waals surface area (Å²) < 4.78 is 12.9. The lowest BCUT2D eigenvalue weighted by Gasteiger charge is -2.40. The van der Waals surface area contributed by atoms with Crippen LogP contribution in [-0.4, -0.2) is 90.3 Å². The Hall–Kier alpha value is -4.48. The standard InChI is InChI=1S/C41H54N4O7/c1-7-11-17-34(47)42-25-33(28-15-13-12-14-16-28)51-40(50)35-32-22-23-41(52-32)36(35)38(48)45(31(26-46)27(5)6)37(41)39(49)44(24-8-2)30-20-18-29(19-21-30)43(9-3)10-4/h7-8,12-16,18-21,27,31-33,35-37,46H,1-2,9-11,17,22-26H2,3-6H3,(H,42,47)/t31-,32-,33+,35+,36+,37-,41+/m0/s1. The van der Waals surface area contributed by atoms with E-state index in [1.807, 2.05) is 68.4 Å². The van der Waals surface area contributed by atoms with Gasteiger partial charge in [0, 0.05) is 37.4 Å². The Morgan fingerprint density at radius 3 is 2.33 bits per heavy atom. The number of aliphatic hydroxyl groups excluding tert-OH is 1. The second kappa shape index (κ2) is 16.9. The van der Waals surface area contributed by atoms with E-state index in [-0.39, 0.29) is 43.8 Å². The minimum Gasteiger partial charge on any atom is -0.455 e. The predicted molar refractivity (Wildman–Crippen MR) is 200 cm³/mol.